The zero-order valence-electron chi connectivity index (χ0n) is 13.3. The van der Waals surface area contributed by atoms with Crippen LogP contribution in [0.1, 0.15) is 40.4 Å². The number of carbonyl (C=O) groups is 1. The molecule has 2 aliphatic heterocycles. The molecule has 1 fully saturated rings. The van der Waals surface area contributed by atoms with E-state index < -0.39 is 0 Å². The van der Waals surface area contributed by atoms with E-state index in [0.717, 1.165) is 19.3 Å². The lowest BCUT2D eigenvalue weighted by molar-refractivity contribution is 0.0684. The molecular weight excluding hydrogens is 286 g/mol. The number of fused-ring (bicyclic) bond motifs is 4. The molecule has 2 aliphatic rings. The maximum Gasteiger partial charge on any atom is 0.253 e. The Bertz CT molecular complexity index is 716. The van der Waals surface area contributed by atoms with Crippen LogP contribution in [0.15, 0.2) is 48.8 Å². The van der Waals surface area contributed by atoms with Gasteiger partial charge in [0.05, 0.1) is 5.56 Å². The van der Waals surface area contributed by atoms with Crippen LogP contribution < -0.4 is 5.32 Å². The van der Waals surface area contributed by atoms with E-state index in [-0.39, 0.29) is 11.9 Å². The molecule has 1 aromatic carbocycles. The number of likely N-dealkylation sites (N-methyl/N-ethyl adjacent to an activating group) is 1. The summed E-state index contributed by atoms with van der Waals surface area (Å²) < 4.78 is 0. The van der Waals surface area contributed by atoms with E-state index in [2.05, 4.69) is 46.5 Å². The molecule has 4 rings (SSSR count). The molecule has 2 bridgehead atoms. The Balaban J connectivity index is 1.53. The number of hydrogen-bond donors (Lipinski definition) is 1. The van der Waals surface area contributed by atoms with Crippen molar-refractivity contribution in [1.82, 2.24) is 15.2 Å². The number of nitrogens with zero attached hydrogens (tertiary/aromatic N) is 2. The second kappa shape index (κ2) is 5.78. The van der Waals surface area contributed by atoms with E-state index >= 15 is 0 Å². The predicted molar refractivity (Wildman–Crippen MR) is 89.2 cm³/mol. The minimum absolute atomic E-state index is 0.0148. The van der Waals surface area contributed by atoms with Crippen molar-refractivity contribution >= 4 is 5.91 Å². The van der Waals surface area contributed by atoms with Gasteiger partial charge in [-0.25, -0.2) is 0 Å². The number of pyridine rings is 1. The zero-order valence-corrected chi connectivity index (χ0v) is 13.3. The van der Waals surface area contributed by atoms with Crippen LogP contribution in [-0.4, -0.2) is 34.9 Å². The SMILES string of the molecule is CN1[C@@H]2Cc3ccccc3[C@H]1C[C@@H](NC(=O)c1cccnc1)C2. The maximum atomic E-state index is 12.4. The molecule has 1 N–H and O–H groups in total. The maximum absolute atomic E-state index is 12.4. The Morgan fingerprint density at radius 1 is 1.22 bits per heavy atom. The summed E-state index contributed by atoms with van der Waals surface area (Å²) in [6.07, 6.45) is 6.36. The first-order valence-corrected chi connectivity index (χ1v) is 8.23. The average molecular weight is 307 g/mol. The number of piperidine rings is 1. The van der Waals surface area contributed by atoms with Gasteiger partial charge in [-0.3, -0.25) is 14.7 Å². The van der Waals surface area contributed by atoms with Crippen molar-refractivity contribution in [2.75, 3.05) is 7.05 Å². The Morgan fingerprint density at radius 3 is 2.91 bits per heavy atom. The van der Waals surface area contributed by atoms with Crippen molar-refractivity contribution < 1.29 is 4.79 Å². The minimum Gasteiger partial charge on any atom is -0.349 e. The van der Waals surface area contributed by atoms with Gasteiger partial charge in [-0.1, -0.05) is 24.3 Å². The van der Waals surface area contributed by atoms with Crippen LogP contribution >= 0.6 is 0 Å². The van der Waals surface area contributed by atoms with Gasteiger partial charge in [-0.2, -0.15) is 0 Å². The van der Waals surface area contributed by atoms with Crippen molar-refractivity contribution in [2.24, 2.45) is 0 Å². The molecule has 0 radical (unpaired) electrons. The molecule has 3 atom stereocenters. The van der Waals surface area contributed by atoms with Crippen LogP contribution in [0, 0.1) is 0 Å². The minimum atomic E-state index is -0.0148. The van der Waals surface area contributed by atoms with Gasteiger partial charge in [0.15, 0.2) is 0 Å². The molecule has 23 heavy (non-hydrogen) atoms. The first kappa shape index (κ1) is 14.4. The van der Waals surface area contributed by atoms with Crippen molar-refractivity contribution in [3.8, 4) is 0 Å². The van der Waals surface area contributed by atoms with Gasteiger partial charge in [0.25, 0.3) is 5.91 Å². The largest absolute Gasteiger partial charge is 0.349 e. The van der Waals surface area contributed by atoms with Crippen LogP contribution in [0.5, 0.6) is 0 Å². The lowest BCUT2D eigenvalue weighted by Gasteiger charge is -2.48. The molecule has 4 heteroatoms. The summed E-state index contributed by atoms with van der Waals surface area (Å²) in [6.45, 7) is 0. The highest BCUT2D eigenvalue weighted by atomic mass is 16.1. The Kier molecular flexibility index (Phi) is 3.62. The summed E-state index contributed by atoms with van der Waals surface area (Å²) in [5.41, 5.74) is 3.53. The first-order valence-electron chi connectivity index (χ1n) is 8.23. The number of carbonyl (C=O) groups excluding carboxylic acids is 1. The molecule has 118 valence electrons. The number of aromatic nitrogens is 1. The quantitative estimate of drug-likeness (QED) is 0.927. The molecule has 1 aromatic heterocycles. The van der Waals surface area contributed by atoms with Crippen LogP contribution in [0.4, 0.5) is 0 Å². The smallest absolute Gasteiger partial charge is 0.253 e. The summed E-state index contributed by atoms with van der Waals surface area (Å²) >= 11 is 0. The zero-order chi connectivity index (χ0) is 15.8. The third kappa shape index (κ3) is 2.63. The highest BCUT2D eigenvalue weighted by molar-refractivity contribution is 5.94. The van der Waals surface area contributed by atoms with Crippen molar-refractivity contribution in [1.29, 1.82) is 0 Å². The van der Waals surface area contributed by atoms with E-state index in [1.54, 1.807) is 18.5 Å². The Morgan fingerprint density at radius 2 is 2.09 bits per heavy atom. The van der Waals surface area contributed by atoms with Crippen LogP contribution in [0.2, 0.25) is 0 Å². The first-order chi connectivity index (χ1) is 11.2. The molecule has 3 heterocycles. The number of nitrogens with one attached hydrogen (secondary N) is 1. The third-order valence-electron chi connectivity index (χ3n) is 5.26. The lowest BCUT2D eigenvalue weighted by Crippen LogP contribution is -2.52. The summed E-state index contributed by atoms with van der Waals surface area (Å²) in [6, 6.07) is 13.5. The lowest BCUT2D eigenvalue weighted by atomic mass is 9.78. The normalized spacial score (nSPS) is 26.4. The van der Waals surface area contributed by atoms with Crippen LogP contribution in [-0.2, 0) is 6.42 Å². The fraction of sp³-hybridized carbons (Fsp3) is 0.368. The number of benzene rings is 1. The number of amides is 1. The molecule has 0 saturated carbocycles. The van der Waals surface area contributed by atoms with Gasteiger partial charge in [0, 0.05) is 30.5 Å². The van der Waals surface area contributed by atoms with E-state index in [1.165, 1.54) is 11.1 Å². The van der Waals surface area contributed by atoms with Crippen LogP contribution in [0.25, 0.3) is 0 Å². The van der Waals surface area contributed by atoms with Gasteiger partial charge >= 0.3 is 0 Å². The highest BCUT2D eigenvalue weighted by Crippen LogP contribution is 2.40. The van der Waals surface area contributed by atoms with E-state index in [1.807, 2.05) is 6.07 Å². The molecule has 0 unspecified atom stereocenters. The van der Waals surface area contributed by atoms with Gasteiger partial charge < -0.3 is 5.32 Å². The summed E-state index contributed by atoms with van der Waals surface area (Å²) in [5.74, 6) is -0.0148. The Hall–Kier alpha value is -2.20. The van der Waals surface area contributed by atoms with Crippen molar-refractivity contribution in [2.45, 2.75) is 37.4 Å². The predicted octanol–water partition coefficient (Wildman–Crippen LogP) is 2.57. The van der Waals surface area contributed by atoms with E-state index in [9.17, 15) is 4.79 Å². The van der Waals surface area contributed by atoms with Gasteiger partial charge in [-0.05, 0) is 49.6 Å². The third-order valence-corrected chi connectivity index (χ3v) is 5.26. The number of rotatable bonds is 2. The second-order valence-electron chi connectivity index (χ2n) is 6.62. The molecule has 0 aliphatic carbocycles. The fourth-order valence-electron chi connectivity index (χ4n) is 4.04. The molecule has 1 saturated heterocycles. The molecule has 0 spiro atoms. The second-order valence-corrected chi connectivity index (χ2v) is 6.62. The standard InChI is InChI=1S/C19H21N3O/c1-22-16-9-13-5-2-3-7-17(13)18(22)11-15(10-16)21-19(23)14-6-4-8-20-12-14/h2-8,12,15-16,18H,9-11H2,1H3,(H,21,23)/t15-,16+,18+/m0/s1. The molecule has 1 amide bonds. The Labute approximate surface area is 136 Å². The topological polar surface area (TPSA) is 45.2 Å². The van der Waals surface area contributed by atoms with Crippen LogP contribution in [0.3, 0.4) is 0 Å². The molecule has 2 aromatic rings. The highest BCUT2D eigenvalue weighted by Gasteiger charge is 2.39. The van der Waals surface area contributed by atoms with Crippen molar-refractivity contribution in [3.63, 3.8) is 0 Å². The summed E-state index contributed by atoms with van der Waals surface area (Å²) in [5, 5.41) is 3.21. The monoisotopic (exact) mass is 307 g/mol. The number of hydrogen-bond acceptors (Lipinski definition) is 3. The average Bonchev–Trinajstić information content (AvgIpc) is 2.57. The summed E-state index contributed by atoms with van der Waals surface area (Å²) in [4.78, 5) is 18.9. The van der Waals surface area contributed by atoms with Gasteiger partial charge in [-0.15, -0.1) is 0 Å². The molecule has 4 nitrogen and oxygen atoms in total. The molecular formula is C19H21N3O. The summed E-state index contributed by atoms with van der Waals surface area (Å²) in [7, 11) is 2.21. The fourth-order valence-corrected chi connectivity index (χ4v) is 4.04. The van der Waals surface area contributed by atoms with E-state index in [0.29, 0.717) is 17.6 Å². The van der Waals surface area contributed by atoms with Crippen molar-refractivity contribution in [3.05, 3.63) is 65.5 Å². The van der Waals surface area contributed by atoms with Gasteiger partial charge in [0.2, 0.25) is 0 Å². The van der Waals surface area contributed by atoms with E-state index in [4.69, 9.17) is 0 Å². The van der Waals surface area contributed by atoms with Gasteiger partial charge in [0.1, 0.15) is 0 Å².